The highest BCUT2D eigenvalue weighted by molar-refractivity contribution is 7.80. The van der Waals surface area contributed by atoms with E-state index in [1.807, 2.05) is 30.3 Å². The monoisotopic (exact) mass is 281 g/mol. The zero-order chi connectivity index (χ0) is 13.9. The Bertz CT molecular complexity index is 561. The molecule has 0 aromatic heterocycles. The van der Waals surface area contributed by atoms with Crippen LogP contribution >= 0.6 is 12.2 Å². The molecule has 0 radical (unpaired) electrons. The molecule has 0 unspecified atom stereocenters. The summed E-state index contributed by atoms with van der Waals surface area (Å²) in [6, 6.07) is 16.2. The summed E-state index contributed by atoms with van der Waals surface area (Å²) in [5.41, 5.74) is 2.26. The first-order valence-electron chi connectivity index (χ1n) is 5.50. The molecular formula is C14H10F3NS. The molecule has 0 amide bonds. The third-order valence-electron chi connectivity index (χ3n) is 2.51. The Balaban J connectivity index is 2.14. The fraction of sp³-hybridized carbons (Fsp3) is 0.0714. The van der Waals surface area contributed by atoms with E-state index in [2.05, 4.69) is 17.5 Å². The summed E-state index contributed by atoms with van der Waals surface area (Å²) >= 11 is 4.26. The number of hydrogen-bond donors (Lipinski definition) is 1. The van der Waals surface area contributed by atoms with Gasteiger partial charge in [-0.15, -0.1) is 0 Å². The van der Waals surface area contributed by atoms with Crippen LogP contribution in [0.3, 0.4) is 0 Å². The normalized spacial score (nSPS) is 11.1. The van der Waals surface area contributed by atoms with Crippen LogP contribution in [0.5, 0.6) is 0 Å². The van der Waals surface area contributed by atoms with Crippen molar-refractivity contribution >= 4 is 22.9 Å². The fourth-order valence-electron chi connectivity index (χ4n) is 1.58. The van der Waals surface area contributed by atoms with Crippen LogP contribution in [0.2, 0.25) is 0 Å². The predicted octanol–water partition coefficient (Wildman–Crippen LogP) is 4.66. The second-order valence-corrected chi connectivity index (χ2v) is 4.30. The molecule has 1 nitrogen and oxygen atoms in total. The highest BCUT2D eigenvalue weighted by atomic mass is 32.1. The smallest absolute Gasteiger partial charge is 0.343 e. The number of benzene rings is 2. The van der Waals surface area contributed by atoms with Crippen LogP contribution in [0.15, 0.2) is 54.6 Å². The Kier molecular flexibility index (Phi) is 3.85. The summed E-state index contributed by atoms with van der Waals surface area (Å²) in [4.78, 5) is -1.14. The molecule has 0 spiro atoms. The van der Waals surface area contributed by atoms with Crippen molar-refractivity contribution in [2.45, 2.75) is 6.18 Å². The molecule has 19 heavy (non-hydrogen) atoms. The van der Waals surface area contributed by atoms with Crippen LogP contribution in [0.4, 0.5) is 18.9 Å². The Hall–Kier alpha value is -1.88. The van der Waals surface area contributed by atoms with E-state index in [4.69, 9.17) is 0 Å². The second kappa shape index (κ2) is 5.40. The summed E-state index contributed by atoms with van der Waals surface area (Å²) in [6.07, 6.45) is -4.51. The van der Waals surface area contributed by atoms with Gasteiger partial charge in [0.1, 0.15) is 0 Å². The molecule has 0 fully saturated rings. The van der Waals surface area contributed by atoms with E-state index in [1.165, 1.54) is 0 Å². The summed E-state index contributed by atoms with van der Waals surface area (Å²) < 4.78 is 36.8. The summed E-state index contributed by atoms with van der Waals surface area (Å²) in [5, 5.41) is 2.17. The van der Waals surface area contributed by atoms with Crippen LogP contribution in [0, 0.1) is 0 Å². The standard InChI is InChI=1S/C14H10F3NS/c15-14(16,17)13(19)18-12-8-6-11(7-9-12)10-4-2-1-3-5-10/h1-9H,(H,18,19). The third-order valence-corrected chi connectivity index (χ3v) is 2.84. The van der Waals surface area contributed by atoms with E-state index in [-0.39, 0.29) is 0 Å². The van der Waals surface area contributed by atoms with Gasteiger partial charge in [-0.1, -0.05) is 54.7 Å². The first-order valence-corrected chi connectivity index (χ1v) is 5.91. The van der Waals surface area contributed by atoms with Crippen LogP contribution in [0.1, 0.15) is 0 Å². The predicted molar refractivity (Wildman–Crippen MR) is 74.2 cm³/mol. The summed E-state index contributed by atoms with van der Waals surface area (Å²) in [6.45, 7) is 0. The van der Waals surface area contributed by atoms with Gasteiger partial charge in [-0.2, -0.15) is 13.2 Å². The van der Waals surface area contributed by atoms with Crippen molar-refractivity contribution < 1.29 is 13.2 Å². The van der Waals surface area contributed by atoms with Gasteiger partial charge in [0.2, 0.25) is 0 Å². The van der Waals surface area contributed by atoms with E-state index < -0.39 is 11.2 Å². The molecule has 2 rings (SSSR count). The second-order valence-electron chi connectivity index (χ2n) is 3.90. The van der Waals surface area contributed by atoms with Gasteiger partial charge in [0.15, 0.2) is 4.99 Å². The van der Waals surface area contributed by atoms with Gasteiger partial charge >= 0.3 is 6.18 Å². The van der Waals surface area contributed by atoms with Crippen molar-refractivity contribution in [3.8, 4) is 11.1 Å². The topological polar surface area (TPSA) is 12.0 Å². The van der Waals surface area contributed by atoms with Crippen LogP contribution in [-0.4, -0.2) is 11.2 Å². The van der Waals surface area contributed by atoms with Crippen molar-refractivity contribution in [2.75, 3.05) is 5.32 Å². The largest absolute Gasteiger partial charge is 0.441 e. The van der Waals surface area contributed by atoms with E-state index in [9.17, 15) is 13.2 Å². The lowest BCUT2D eigenvalue weighted by atomic mass is 10.1. The highest BCUT2D eigenvalue weighted by Gasteiger charge is 2.34. The first-order chi connectivity index (χ1) is 8.97. The first kappa shape index (κ1) is 13.5. The molecule has 0 saturated carbocycles. The van der Waals surface area contributed by atoms with Crippen molar-refractivity contribution in [1.29, 1.82) is 0 Å². The number of rotatable bonds is 2. The highest BCUT2D eigenvalue weighted by Crippen LogP contribution is 2.23. The third kappa shape index (κ3) is 3.54. The summed E-state index contributed by atoms with van der Waals surface area (Å²) in [5.74, 6) is 0. The van der Waals surface area contributed by atoms with Gasteiger partial charge < -0.3 is 5.32 Å². The SMILES string of the molecule is FC(F)(F)C(=S)Nc1ccc(-c2ccccc2)cc1. The Morgan fingerprint density at radius 2 is 1.37 bits per heavy atom. The minimum Gasteiger partial charge on any atom is -0.343 e. The number of nitrogens with one attached hydrogen (secondary N) is 1. The van der Waals surface area contributed by atoms with Crippen molar-refractivity contribution in [3.05, 3.63) is 54.6 Å². The molecule has 2 aromatic carbocycles. The minimum absolute atomic E-state index is 0.321. The molecule has 0 aliphatic rings. The van der Waals surface area contributed by atoms with Gasteiger partial charge in [-0.05, 0) is 23.3 Å². The van der Waals surface area contributed by atoms with Crippen molar-refractivity contribution in [2.24, 2.45) is 0 Å². The number of anilines is 1. The van der Waals surface area contributed by atoms with Crippen molar-refractivity contribution in [1.82, 2.24) is 0 Å². The molecule has 0 atom stereocenters. The van der Waals surface area contributed by atoms with E-state index in [1.54, 1.807) is 24.3 Å². The Morgan fingerprint density at radius 1 is 0.842 bits per heavy atom. The Morgan fingerprint density at radius 3 is 1.89 bits per heavy atom. The zero-order valence-electron chi connectivity index (χ0n) is 9.74. The lowest BCUT2D eigenvalue weighted by Crippen LogP contribution is -2.27. The quantitative estimate of drug-likeness (QED) is 0.804. The molecule has 2 aromatic rings. The maximum Gasteiger partial charge on any atom is 0.441 e. The summed E-state index contributed by atoms with van der Waals surface area (Å²) in [7, 11) is 0. The average molecular weight is 281 g/mol. The average Bonchev–Trinajstić information content (AvgIpc) is 2.39. The van der Waals surface area contributed by atoms with E-state index in [0.29, 0.717) is 5.69 Å². The minimum atomic E-state index is -4.51. The number of thiocarbonyl (C=S) groups is 1. The number of hydrogen-bond acceptors (Lipinski definition) is 1. The fourth-order valence-corrected chi connectivity index (χ4v) is 1.70. The maximum atomic E-state index is 12.3. The molecule has 5 heteroatoms. The van der Waals surface area contributed by atoms with Gasteiger partial charge in [0, 0.05) is 5.69 Å². The molecule has 0 aliphatic heterocycles. The number of halogens is 3. The zero-order valence-corrected chi connectivity index (χ0v) is 10.6. The molecule has 0 aliphatic carbocycles. The van der Waals surface area contributed by atoms with Gasteiger partial charge in [-0.3, -0.25) is 0 Å². The van der Waals surface area contributed by atoms with Gasteiger partial charge in [0.25, 0.3) is 0 Å². The maximum absolute atomic E-state index is 12.3. The lowest BCUT2D eigenvalue weighted by Gasteiger charge is -2.11. The molecular weight excluding hydrogens is 271 g/mol. The lowest BCUT2D eigenvalue weighted by molar-refractivity contribution is -0.0562. The number of alkyl halides is 3. The van der Waals surface area contributed by atoms with Gasteiger partial charge in [0.05, 0.1) is 0 Å². The van der Waals surface area contributed by atoms with Crippen molar-refractivity contribution in [3.63, 3.8) is 0 Å². The van der Waals surface area contributed by atoms with Gasteiger partial charge in [-0.25, -0.2) is 0 Å². The van der Waals surface area contributed by atoms with E-state index >= 15 is 0 Å². The molecule has 0 saturated heterocycles. The van der Waals surface area contributed by atoms with E-state index in [0.717, 1.165) is 11.1 Å². The van der Waals surface area contributed by atoms with Crippen LogP contribution in [0.25, 0.3) is 11.1 Å². The molecule has 98 valence electrons. The molecule has 1 N–H and O–H groups in total. The van der Waals surface area contributed by atoms with Crippen LogP contribution in [-0.2, 0) is 0 Å². The molecule has 0 bridgehead atoms. The molecule has 0 heterocycles. The Labute approximate surface area is 114 Å². The van der Waals surface area contributed by atoms with Crippen LogP contribution < -0.4 is 5.32 Å².